The van der Waals surface area contributed by atoms with Crippen LogP contribution in [0.5, 0.6) is 0 Å². The number of aliphatic imine (C=N–C) groups is 1. The Balaban J connectivity index is 1.92. The topological polar surface area (TPSA) is 81.8 Å². The predicted octanol–water partition coefficient (Wildman–Crippen LogP) is 6.39. The number of carbonyl (C=O) groups is 2. The van der Waals surface area contributed by atoms with Crippen molar-refractivity contribution in [2.75, 3.05) is 12.3 Å². The fraction of sp³-hybridized carbons (Fsp3) is 0.125. The van der Waals surface area contributed by atoms with Crippen LogP contribution in [-0.2, 0) is 9.53 Å². The minimum Gasteiger partial charge on any atom is -0.465 e. The summed E-state index contributed by atoms with van der Waals surface area (Å²) in [5.41, 5.74) is 5.76. The Kier molecular flexibility index (Phi) is 8.94. The average Bonchev–Trinajstić information content (AvgIpc) is 2.85. The van der Waals surface area contributed by atoms with Crippen LogP contribution < -0.4 is 5.73 Å². The minimum absolute atomic E-state index is 0.118. The molecule has 35 heavy (non-hydrogen) atoms. The minimum atomic E-state index is -2.16. The van der Waals surface area contributed by atoms with Gasteiger partial charge >= 0.3 is 5.97 Å². The van der Waals surface area contributed by atoms with Gasteiger partial charge in [-0.15, -0.1) is 0 Å². The fourth-order valence-corrected chi connectivity index (χ4v) is 5.06. The van der Waals surface area contributed by atoms with Crippen LogP contribution in [0.4, 0.5) is 28.9 Å². The van der Waals surface area contributed by atoms with Crippen LogP contribution >= 0.6 is 21.6 Å². The number of esters is 1. The van der Waals surface area contributed by atoms with Gasteiger partial charge in [0, 0.05) is 21.7 Å². The van der Waals surface area contributed by atoms with E-state index >= 15 is 0 Å². The molecule has 1 atom stereocenters. The van der Waals surface area contributed by atoms with Gasteiger partial charge in [-0.1, -0.05) is 45.9 Å². The van der Waals surface area contributed by atoms with E-state index in [9.17, 15) is 27.2 Å². The molecule has 0 amide bonds. The Morgan fingerprint density at radius 2 is 1.60 bits per heavy atom. The molecule has 0 fully saturated rings. The van der Waals surface area contributed by atoms with Crippen LogP contribution in [0.25, 0.3) is 0 Å². The standard InChI is InChI=1S/C24H18F4N2O3S2/c1-2-33-24(32)14(23(31)13-11-15(25)21(27)22(28)20(13)26)12-30-17-8-4-6-10-19(17)35-34-18-9-5-3-7-16(18)29/h3-12,14H,2,29H2,1H3. The molecule has 5 nitrogen and oxygen atoms in total. The van der Waals surface area contributed by atoms with Crippen LogP contribution in [0.15, 0.2) is 69.4 Å². The summed E-state index contributed by atoms with van der Waals surface area (Å²) in [5.74, 6) is -12.2. The number of ketones is 1. The summed E-state index contributed by atoms with van der Waals surface area (Å²) in [6.45, 7) is 1.36. The smallest absolute Gasteiger partial charge is 0.322 e. The average molecular weight is 523 g/mol. The van der Waals surface area contributed by atoms with Gasteiger partial charge in [0.2, 0.25) is 0 Å². The molecule has 0 aliphatic rings. The molecular weight excluding hydrogens is 504 g/mol. The number of ether oxygens (including phenoxy) is 1. The molecule has 0 bridgehead atoms. The highest BCUT2D eigenvalue weighted by atomic mass is 33.1. The van der Waals surface area contributed by atoms with E-state index in [0.717, 1.165) is 11.1 Å². The summed E-state index contributed by atoms with van der Waals surface area (Å²) in [7, 11) is 2.68. The highest BCUT2D eigenvalue weighted by molar-refractivity contribution is 8.76. The number of benzene rings is 3. The summed E-state index contributed by atoms with van der Waals surface area (Å²) in [4.78, 5) is 30.9. The van der Waals surface area contributed by atoms with Gasteiger partial charge in [-0.25, -0.2) is 17.6 Å². The van der Waals surface area contributed by atoms with E-state index in [1.807, 2.05) is 12.1 Å². The lowest BCUT2D eigenvalue weighted by molar-refractivity contribution is -0.143. The van der Waals surface area contributed by atoms with E-state index < -0.39 is 46.5 Å². The van der Waals surface area contributed by atoms with E-state index in [1.165, 1.54) is 28.5 Å². The third kappa shape index (κ3) is 6.23. The number of nitrogens with zero attached hydrogens (tertiary/aromatic N) is 1. The maximum atomic E-state index is 14.2. The van der Waals surface area contributed by atoms with E-state index in [1.54, 1.807) is 36.4 Å². The Labute approximate surface area is 206 Å². The molecular formula is C24H18F4N2O3S2. The highest BCUT2D eigenvalue weighted by Crippen LogP contribution is 2.43. The van der Waals surface area contributed by atoms with E-state index in [-0.39, 0.29) is 12.7 Å². The number of anilines is 1. The van der Waals surface area contributed by atoms with Crippen molar-refractivity contribution in [2.24, 2.45) is 10.9 Å². The van der Waals surface area contributed by atoms with Gasteiger partial charge in [0.25, 0.3) is 0 Å². The summed E-state index contributed by atoms with van der Waals surface area (Å²) in [6.07, 6.45) is 0.903. The number of rotatable bonds is 9. The normalized spacial score (nSPS) is 12.0. The summed E-state index contributed by atoms with van der Waals surface area (Å²) in [6, 6.07) is 14.2. The van der Waals surface area contributed by atoms with Crippen molar-refractivity contribution >= 4 is 50.9 Å². The van der Waals surface area contributed by atoms with Gasteiger partial charge in [0.05, 0.1) is 17.9 Å². The third-order valence-electron chi connectivity index (χ3n) is 4.56. The summed E-state index contributed by atoms with van der Waals surface area (Å²) in [5, 5.41) is 0. The van der Waals surface area contributed by atoms with Crippen LogP contribution in [0.2, 0.25) is 0 Å². The lowest BCUT2D eigenvalue weighted by atomic mass is 9.97. The molecule has 0 aromatic heterocycles. The first-order chi connectivity index (χ1) is 16.7. The predicted molar refractivity (Wildman–Crippen MR) is 128 cm³/mol. The van der Waals surface area contributed by atoms with Crippen LogP contribution in [-0.4, -0.2) is 24.6 Å². The van der Waals surface area contributed by atoms with Gasteiger partial charge < -0.3 is 10.5 Å². The summed E-state index contributed by atoms with van der Waals surface area (Å²) < 4.78 is 59.7. The molecule has 3 aromatic rings. The molecule has 0 heterocycles. The second-order valence-corrected chi connectivity index (χ2v) is 9.11. The molecule has 1 unspecified atom stereocenters. The van der Waals surface area contributed by atoms with Gasteiger partial charge in [0.1, 0.15) is 0 Å². The second-order valence-electron chi connectivity index (χ2n) is 6.89. The van der Waals surface area contributed by atoms with Crippen molar-refractivity contribution in [2.45, 2.75) is 16.7 Å². The lowest BCUT2D eigenvalue weighted by Gasteiger charge is -2.12. The molecule has 11 heteroatoms. The maximum absolute atomic E-state index is 14.2. The van der Waals surface area contributed by atoms with Crippen molar-refractivity contribution in [1.29, 1.82) is 0 Å². The molecule has 2 N–H and O–H groups in total. The van der Waals surface area contributed by atoms with Gasteiger partial charge in [0.15, 0.2) is 35.0 Å². The molecule has 182 valence electrons. The Bertz CT molecular complexity index is 1290. The van der Waals surface area contributed by atoms with Crippen LogP contribution in [0.3, 0.4) is 0 Å². The molecule has 0 aliphatic carbocycles. The first kappa shape index (κ1) is 26.3. The SMILES string of the molecule is CCOC(=O)C(C=Nc1ccccc1SSc1ccccc1N)C(=O)c1cc(F)c(F)c(F)c1F. The maximum Gasteiger partial charge on any atom is 0.322 e. The number of para-hydroxylation sites is 2. The highest BCUT2D eigenvalue weighted by Gasteiger charge is 2.32. The number of hydrogen-bond acceptors (Lipinski definition) is 7. The number of nitrogens with two attached hydrogens (primary N) is 1. The van der Waals surface area contributed by atoms with Crippen molar-refractivity contribution in [1.82, 2.24) is 0 Å². The Hall–Kier alpha value is -3.31. The van der Waals surface area contributed by atoms with Crippen LogP contribution in [0.1, 0.15) is 17.3 Å². The van der Waals surface area contributed by atoms with Crippen molar-refractivity contribution in [3.8, 4) is 0 Å². The molecule has 3 rings (SSSR count). The first-order valence-electron chi connectivity index (χ1n) is 10.1. The quantitative estimate of drug-likeness (QED) is 0.0404. The van der Waals surface area contributed by atoms with Crippen LogP contribution in [0, 0.1) is 29.2 Å². The lowest BCUT2D eigenvalue weighted by Crippen LogP contribution is -2.29. The monoisotopic (exact) mass is 522 g/mol. The number of Topliss-reactive ketones (excluding diaryl/α,β-unsaturated/α-hetero) is 1. The second kappa shape index (κ2) is 11.9. The molecule has 0 radical (unpaired) electrons. The largest absolute Gasteiger partial charge is 0.465 e. The van der Waals surface area contributed by atoms with Gasteiger partial charge in [-0.05, 0) is 37.3 Å². The Morgan fingerprint density at radius 1 is 0.971 bits per heavy atom. The number of carbonyl (C=O) groups excluding carboxylic acids is 2. The third-order valence-corrected chi connectivity index (χ3v) is 7.05. The molecule has 0 saturated carbocycles. The van der Waals surface area contributed by atoms with Gasteiger partial charge in [-0.3, -0.25) is 14.6 Å². The fourth-order valence-electron chi connectivity index (χ4n) is 2.82. The number of hydrogen-bond donors (Lipinski definition) is 1. The van der Waals surface area contributed by atoms with Crippen molar-refractivity contribution in [3.05, 3.63) is 83.4 Å². The zero-order valence-electron chi connectivity index (χ0n) is 18.1. The molecule has 0 saturated heterocycles. The molecule has 0 spiro atoms. The zero-order valence-corrected chi connectivity index (χ0v) is 19.8. The van der Waals surface area contributed by atoms with Crippen molar-refractivity contribution in [3.63, 3.8) is 0 Å². The first-order valence-corrected chi connectivity index (χ1v) is 12.3. The number of nitrogen functional groups attached to an aromatic ring is 1. The molecule has 3 aromatic carbocycles. The van der Waals surface area contributed by atoms with Crippen molar-refractivity contribution < 1.29 is 31.9 Å². The number of halogens is 4. The Morgan fingerprint density at radius 3 is 2.29 bits per heavy atom. The zero-order chi connectivity index (χ0) is 25.5. The van der Waals surface area contributed by atoms with E-state index in [2.05, 4.69) is 4.99 Å². The molecule has 0 aliphatic heterocycles. The van der Waals surface area contributed by atoms with Gasteiger partial charge in [-0.2, -0.15) is 0 Å². The van der Waals surface area contributed by atoms with E-state index in [4.69, 9.17) is 10.5 Å². The van der Waals surface area contributed by atoms with E-state index in [0.29, 0.717) is 16.3 Å². The summed E-state index contributed by atoms with van der Waals surface area (Å²) >= 11 is 0.